The lowest BCUT2D eigenvalue weighted by molar-refractivity contribution is -0.573. The molecule has 4 aromatic rings. The lowest BCUT2D eigenvalue weighted by Crippen LogP contribution is -2.35. The number of para-hydroxylation sites is 3. The largest absolute Gasteiger partial charge is 0.292 e. The maximum atomic E-state index is 3.76. The van der Waals surface area contributed by atoms with Gasteiger partial charge in [0.25, 0.3) is 6.33 Å². The molecule has 3 aromatic carbocycles. The third-order valence-corrected chi connectivity index (χ3v) is 6.74. The van der Waals surface area contributed by atoms with Crippen molar-refractivity contribution in [1.29, 1.82) is 0 Å². The second-order valence-electron chi connectivity index (χ2n) is 8.51. The first-order valence-corrected chi connectivity index (χ1v) is 11.1. The lowest BCUT2D eigenvalue weighted by atomic mass is 9.81. The van der Waals surface area contributed by atoms with Gasteiger partial charge in [-0.3, -0.25) is 9.13 Å². The first-order valence-electron chi connectivity index (χ1n) is 11.1. The zero-order valence-corrected chi connectivity index (χ0v) is 16.8. The van der Waals surface area contributed by atoms with Crippen molar-refractivity contribution in [3.8, 4) is 11.4 Å². The van der Waals surface area contributed by atoms with Crippen LogP contribution in [0.3, 0.4) is 0 Å². The number of rotatable bonds is 2. The van der Waals surface area contributed by atoms with Gasteiger partial charge in [-0.05, 0) is 85.8 Å². The number of imidazole rings is 1. The van der Waals surface area contributed by atoms with Gasteiger partial charge in [0.15, 0.2) is 0 Å². The van der Waals surface area contributed by atoms with Gasteiger partial charge < -0.3 is 0 Å². The van der Waals surface area contributed by atoms with Gasteiger partial charge in [0.05, 0.1) is 22.4 Å². The number of aryl methyl sites for hydroxylation is 2. The fraction of sp³-hybridized carbons (Fsp3) is 0.296. The molecule has 2 nitrogen and oxygen atoms in total. The minimum atomic E-state index is 1.17. The predicted octanol–water partition coefficient (Wildman–Crippen LogP) is 5.46. The van der Waals surface area contributed by atoms with E-state index in [2.05, 4.69) is 76.1 Å². The van der Waals surface area contributed by atoms with Gasteiger partial charge in [0.2, 0.25) is 0 Å². The number of fused-ring (bicyclic) bond motifs is 3. The second kappa shape index (κ2) is 6.88. The van der Waals surface area contributed by atoms with Gasteiger partial charge in [0.1, 0.15) is 0 Å². The summed E-state index contributed by atoms with van der Waals surface area (Å²) in [6, 6.07) is 21.9. The van der Waals surface area contributed by atoms with E-state index in [-0.39, 0.29) is 0 Å². The summed E-state index contributed by atoms with van der Waals surface area (Å²) in [7, 11) is 0. The Hall–Kier alpha value is -2.87. The molecule has 0 unspecified atom stereocenters. The molecule has 2 aliphatic rings. The second-order valence-corrected chi connectivity index (χ2v) is 8.51. The van der Waals surface area contributed by atoms with E-state index in [0.717, 1.165) is 0 Å². The summed E-state index contributed by atoms with van der Waals surface area (Å²) in [5.74, 6) is 0. The van der Waals surface area contributed by atoms with Crippen molar-refractivity contribution in [3.05, 3.63) is 89.2 Å². The molecule has 0 saturated carbocycles. The minimum absolute atomic E-state index is 1.17. The van der Waals surface area contributed by atoms with Crippen LogP contribution in [0.1, 0.15) is 47.9 Å². The summed E-state index contributed by atoms with van der Waals surface area (Å²) in [5, 5.41) is 0. The Morgan fingerprint density at radius 2 is 1.31 bits per heavy atom. The van der Waals surface area contributed by atoms with Crippen LogP contribution >= 0.6 is 0 Å². The van der Waals surface area contributed by atoms with Gasteiger partial charge >= 0.3 is 0 Å². The summed E-state index contributed by atoms with van der Waals surface area (Å²) >= 11 is 0. The van der Waals surface area contributed by atoms with Crippen LogP contribution in [-0.4, -0.2) is 4.57 Å². The first-order chi connectivity index (χ1) is 14.4. The topological polar surface area (TPSA) is 8.81 Å². The number of hydrogen-bond acceptors (Lipinski definition) is 0. The standard InChI is InChI=1S/C27H26N2/c1-2-12-22(13-3-1)28-19-29(26-17-9-8-16-25(26)28)27-23-14-6-4-10-20(23)18-21-11-5-7-15-24(21)27/h1-3,8-9,12-13,16-18H,4-7,10-11,14-15H2. The molecule has 1 aromatic heterocycles. The molecule has 0 spiro atoms. The highest BCUT2D eigenvalue weighted by Gasteiger charge is 2.25. The molecule has 0 saturated heterocycles. The molecule has 0 fully saturated rings. The summed E-state index contributed by atoms with van der Waals surface area (Å²) < 4.78 is 4.61. The van der Waals surface area contributed by atoms with Crippen LogP contribution in [0.5, 0.6) is 0 Å². The SMILES string of the molecule is [c-]1n(-c2ccccc2)c2ccccc2[n+]1-c1c2c(cc3c1CCCC3)CCCC2. The van der Waals surface area contributed by atoms with E-state index in [1.807, 2.05) is 0 Å². The van der Waals surface area contributed by atoms with Gasteiger partial charge in [0, 0.05) is 0 Å². The third-order valence-electron chi connectivity index (χ3n) is 6.74. The molecule has 1 heterocycles. The van der Waals surface area contributed by atoms with Gasteiger partial charge in [-0.15, -0.1) is 0 Å². The lowest BCUT2D eigenvalue weighted by Gasteiger charge is -2.28. The van der Waals surface area contributed by atoms with Crippen LogP contribution < -0.4 is 4.57 Å². The zero-order chi connectivity index (χ0) is 19.2. The molecule has 0 radical (unpaired) electrons. The molecule has 0 atom stereocenters. The Labute approximate surface area is 172 Å². The fourth-order valence-corrected chi connectivity index (χ4v) is 5.37. The van der Waals surface area contributed by atoms with Crippen LogP contribution in [0.25, 0.3) is 22.4 Å². The van der Waals surface area contributed by atoms with Crippen LogP contribution in [0.2, 0.25) is 0 Å². The monoisotopic (exact) mass is 378 g/mol. The maximum Gasteiger partial charge on any atom is 0.269 e. The Balaban J connectivity index is 1.68. The van der Waals surface area contributed by atoms with Crippen molar-refractivity contribution >= 4 is 11.0 Å². The molecule has 144 valence electrons. The van der Waals surface area contributed by atoms with Crippen LogP contribution in [0, 0.1) is 6.33 Å². The van der Waals surface area contributed by atoms with Gasteiger partial charge in [-0.2, -0.15) is 0 Å². The summed E-state index contributed by atoms with van der Waals surface area (Å²) in [6.45, 7) is 0. The van der Waals surface area contributed by atoms with E-state index >= 15 is 0 Å². The van der Waals surface area contributed by atoms with Crippen molar-refractivity contribution in [3.63, 3.8) is 0 Å². The number of benzene rings is 3. The molecule has 0 bridgehead atoms. The highest BCUT2D eigenvalue weighted by molar-refractivity contribution is 5.75. The van der Waals surface area contributed by atoms with Crippen LogP contribution in [0.4, 0.5) is 0 Å². The quantitative estimate of drug-likeness (QED) is 0.323. The Kier molecular flexibility index (Phi) is 4.04. The molecule has 0 amide bonds. The molecule has 29 heavy (non-hydrogen) atoms. The van der Waals surface area contributed by atoms with Crippen LogP contribution in [-0.2, 0) is 25.7 Å². The van der Waals surface area contributed by atoms with Crippen molar-refractivity contribution in [2.24, 2.45) is 0 Å². The highest BCUT2D eigenvalue weighted by Crippen LogP contribution is 2.34. The smallest absolute Gasteiger partial charge is 0.269 e. The third kappa shape index (κ3) is 2.73. The number of nitrogens with zero attached hydrogens (tertiary/aromatic N) is 2. The molecule has 2 heteroatoms. The van der Waals surface area contributed by atoms with E-state index in [4.69, 9.17) is 0 Å². The minimum Gasteiger partial charge on any atom is -0.292 e. The van der Waals surface area contributed by atoms with Gasteiger partial charge in [-0.1, -0.05) is 48.5 Å². The van der Waals surface area contributed by atoms with E-state index in [9.17, 15) is 0 Å². The van der Waals surface area contributed by atoms with Crippen LogP contribution in [0.15, 0.2) is 60.7 Å². The summed E-state index contributed by atoms with van der Waals surface area (Å²) in [5.41, 5.74) is 11.4. The van der Waals surface area contributed by atoms with E-state index in [1.54, 1.807) is 22.3 Å². The molecule has 2 aliphatic carbocycles. The van der Waals surface area contributed by atoms with E-state index < -0.39 is 0 Å². The van der Waals surface area contributed by atoms with Crippen molar-refractivity contribution in [2.45, 2.75) is 51.4 Å². The molecule has 6 rings (SSSR count). The highest BCUT2D eigenvalue weighted by atomic mass is 15.1. The maximum absolute atomic E-state index is 3.76. The normalized spacial score (nSPS) is 15.9. The first kappa shape index (κ1) is 17.0. The zero-order valence-electron chi connectivity index (χ0n) is 16.8. The van der Waals surface area contributed by atoms with Gasteiger partial charge in [-0.25, -0.2) is 0 Å². The van der Waals surface area contributed by atoms with Crippen molar-refractivity contribution < 1.29 is 4.57 Å². The molecule has 0 N–H and O–H groups in total. The van der Waals surface area contributed by atoms with Crippen molar-refractivity contribution in [1.82, 2.24) is 4.57 Å². The van der Waals surface area contributed by atoms with Crippen molar-refractivity contribution in [2.75, 3.05) is 0 Å². The predicted molar refractivity (Wildman–Crippen MR) is 117 cm³/mol. The van der Waals surface area contributed by atoms with E-state index in [0.29, 0.717) is 0 Å². The number of hydrogen-bond donors (Lipinski definition) is 0. The molecular weight excluding hydrogens is 352 g/mol. The molecular formula is C27H26N2. The number of aromatic nitrogens is 2. The Morgan fingerprint density at radius 3 is 2.03 bits per heavy atom. The molecule has 0 aliphatic heterocycles. The summed E-state index contributed by atoms with van der Waals surface area (Å²) in [6.07, 6.45) is 13.9. The van der Waals surface area contributed by atoms with E-state index in [1.165, 1.54) is 73.8 Å². The fourth-order valence-electron chi connectivity index (χ4n) is 5.37. The average Bonchev–Trinajstić information content (AvgIpc) is 3.17. The summed E-state index contributed by atoms with van der Waals surface area (Å²) in [4.78, 5) is 0. The Bertz CT molecular complexity index is 1170. The average molecular weight is 379 g/mol. The Morgan fingerprint density at radius 1 is 0.690 bits per heavy atom.